The molecule has 1 aromatic carbocycles. The number of alkyl halides is 3. The van der Waals surface area contributed by atoms with Crippen LogP contribution in [-0.2, 0) is 23.5 Å². The van der Waals surface area contributed by atoms with Crippen LogP contribution in [0.15, 0.2) is 46.9 Å². The maximum Gasteiger partial charge on any atom is 0.573 e. The second-order valence-corrected chi connectivity index (χ2v) is 10.2. The maximum atomic E-state index is 12.4. The molecule has 1 N–H and O–H groups in total. The van der Waals surface area contributed by atoms with E-state index in [1.54, 1.807) is 22.3 Å². The summed E-state index contributed by atoms with van der Waals surface area (Å²) in [6.45, 7) is 6.07. The summed E-state index contributed by atoms with van der Waals surface area (Å²) in [5, 5.41) is 7.77. The van der Waals surface area contributed by atoms with E-state index >= 15 is 0 Å². The molecule has 0 unspecified atom stereocenters. The van der Waals surface area contributed by atoms with Gasteiger partial charge in [0.2, 0.25) is 0 Å². The number of morpholine rings is 1. The molecule has 0 spiro atoms. The van der Waals surface area contributed by atoms with Crippen LogP contribution in [0.2, 0.25) is 0 Å². The highest BCUT2D eigenvalue weighted by molar-refractivity contribution is 7.98. The summed E-state index contributed by atoms with van der Waals surface area (Å²) in [5.74, 6) is 5.16. The van der Waals surface area contributed by atoms with Gasteiger partial charge in [-0.25, -0.2) is 4.98 Å². The van der Waals surface area contributed by atoms with E-state index in [-0.39, 0.29) is 5.75 Å². The minimum absolute atomic E-state index is 0.287. The third-order valence-electron chi connectivity index (χ3n) is 5.98. The Labute approximate surface area is 227 Å². The molecule has 9 nitrogen and oxygen atoms in total. The molecular weight excluding hydrogens is 533 g/mol. The molecule has 0 bridgehead atoms. The Kier molecular flexibility index (Phi) is 8.58. The van der Waals surface area contributed by atoms with Gasteiger partial charge in [-0.3, -0.25) is 4.90 Å². The summed E-state index contributed by atoms with van der Waals surface area (Å²) in [7, 11) is 0. The molecule has 0 radical (unpaired) electrons. The first-order valence-corrected chi connectivity index (χ1v) is 13.8. The van der Waals surface area contributed by atoms with Crippen LogP contribution in [0.4, 0.5) is 24.7 Å². The number of nitrogens with one attached hydrogen (secondary N) is 1. The standard InChI is InChI=1S/C26H29F3N6O3S/c1-18-15-24(31-19-4-6-20(7-5-19)38-26(27,28)29)35-25(30-18)32-23(33-35)3-2-14-39-17-22-9-8-21(37-22)16-34-10-12-36-13-11-34/h4-9,15,31H,2-3,10-14,16-17H2,1H3. The number of hydrogen-bond donors (Lipinski definition) is 1. The summed E-state index contributed by atoms with van der Waals surface area (Å²) in [5.41, 5.74) is 1.32. The SMILES string of the molecule is Cc1cc(Nc2ccc(OC(F)(F)F)cc2)n2nc(CCCSCc3ccc(CN4CCOCC4)o3)nc2n1. The second kappa shape index (κ2) is 12.3. The Balaban J connectivity index is 1.12. The molecule has 1 saturated heterocycles. The van der Waals surface area contributed by atoms with Gasteiger partial charge >= 0.3 is 6.36 Å². The van der Waals surface area contributed by atoms with Gasteiger partial charge < -0.3 is 19.2 Å². The number of fused-ring (bicyclic) bond motifs is 1. The van der Waals surface area contributed by atoms with Crippen molar-refractivity contribution in [3.05, 3.63) is 65.5 Å². The average Bonchev–Trinajstić information content (AvgIpc) is 3.51. The van der Waals surface area contributed by atoms with E-state index in [0.717, 1.165) is 68.0 Å². The Morgan fingerprint density at radius 1 is 1.05 bits per heavy atom. The summed E-state index contributed by atoms with van der Waals surface area (Å²) in [6.07, 6.45) is -3.14. The molecule has 1 aliphatic rings. The lowest BCUT2D eigenvalue weighted by Gasteiger charge is -2.25. The molecule has 39 heavy (non-hydrogen) atoms. The Bertz CT molecular complexity index is 1370. The minimum Gasteiger partial charge on any atom is -0.464 e. The van der Waals surface area contributed by atoms with Crippen molar-refractivity contribution in [2.75, 3.05) is 37.4 Å². The predicted octanol–water partition coefficient (Wildman–Crippen LogP) is 5.37. The molecule has 0 aliphatic carbocycles. The van der Waals surface area contributed by atoms with Gasteiger partial charge in [0.15, 0.2) is 5.82 Å². The van der Waals surface area contributed by atoms with Crippen LogP contribution < -0.4 is 10.1 Å². The van der Waals surface area contributed by atoms with Crippen molar-refractivity contribution >= 4 is 29.0 Å². The van der Waals surface area contributed by atoms with E-state index in [1.165, 1.54) is 24.3 Å². The van der Waals surface area contributed by atoms with Gasteiger partial charge in [0, 0.05) is 37.0 Å². The number of aryl methyl sites for hydroxylation is 2. The summed E-state index contributed by atoms with van der Waals surface area (Å²) in [4.78, 5) is 11.4. The molecule has 0 saturated carbocycles. The molecular formula is C26H29F3N6O3S. The van der Waals surface area contributed by atoms with Crippen molar-refractivity contribution in [2.24, 2.45) is 0 Å². The van der Waals surface area contributed by atoms with E-state index in [0.29, 0.717) is 29.5 Å². The molecule has 0 atom stereocenters. The van der Waals surface area contributed by atoms with Gasteiger partial charge in [0.25, 0.3) is 5.78 Å². The number of thioether (sulfide) groups is 1. The van der Waals surface area contributed by atoms with E-state index in [2.05, 4.69) is 36.1 Å². The van der Waals surface area contributed by atoms with E-state index in [9.17, 15) is 13.2 Å². The van der Waals surface area contributed by atoms with Crippen LogP contribution in [-0.4, -0.2) is 62.9 Å². The second-order valence-electron chi connectivity index (χ2n) is 9.13. The number of aromatic nitrogens is 4. The average molecular weight is 563 g/mol. The molecule has 4 heterocycles. The lowest BCUT2D eigenvalue weighted by Crippen LogP contribution is -2.35. The zero-order valence-corrected chi connectivity index (χ0v) is 22.2. The van der Waals surface area contributed by atoms with Crippen molar-refractivity contribution < 1.29 is 27.1 Å². The zero-order chi connectivity index (χ0) is 27.2. The van der Waals surface area contributed by atoms with Gasteiger partial charge in [-0.05, 0) is 55.5 Å². The first-order valence-electron chi connectivity index (χ1n) is 12.6. The number of ether oxygens (including phenoxy) is 2. The van der Waals surface area contributed by atoms with Crippen LogP contribution in [0, 0.1) is 6.92 Å². The lowest BCUT2D eigenvalue weighted by molar-refractivity contribution is -0.274. The lowest BCUT2D eigenvalue weighted by atomic mass is 10.3. The highest BCUT2D eigenvalue weighted by atomic mass is 32.2. The Hall–Kier alpha value is -3.29. The third-order valence-corrected chi connectivity index (χ3v) is 7.04. The molecule has 3 aromatic heterocycles. The quantitative estimate of drug-likeness (QED) is 0.243. The van der Waals surface area contributed by atoms with Crippen molar-refractivity contribution in [2.45, 2.75) is 38.4 Å². The van der Waals surface area contributed by atoms with Crippen LogP contribution in [0.5, 0.6) is 5.75 Å². The van der Waals surface area contributed by atoms with Crippen molar-refractivity contribution in [3.63, 3.8) is 0 Å². The molecule has 208 valence electrons. The topological polar surface area (TPSA) is 90.0 Å². The van der Waals surface area contributed by atoms with E-state index in [4.69, 9.17) is 9.15 Å². The van der Waals surface area contributed by atoms with Crippen molar-refractivity contribution in [3.8, 4) is 5.75 Å². The van der Waals surface area contributed by atoms with Gasteiger partial charge in [-0.1, -0.05) is 0 Å². The fraction of sp³-hybridized carbons (Fsp3) is 0.423. The van der Waals surface area contributed by atoms with Crippen molar-refractivity contribution in [1.29, 1.82) is 0 Å². The highest BCUT2D eigenvalue weighted by Crippen LogP contribution is 2.26. The molecule has 1 aliphatic heterocycles. The third kappa shape index (κ3) is 7.87. The minimum atomic E-state index is -4.73. The first-order chi connectivity index (χ1) is 18.8. The molecule has 5 rings (SSSR count). The van der Waals surface area contributed by atoms with E-state index < -0.39 is 6.36 Å². The smallest absolute Gasteiger partial charge is 0.464 e. The number of benzene rings is 1. The molecule has 13 heteroatoms. The maximum absolute atomic E-state index is 12.4. The zero-order valence-electron chi connectivity index (χ0n) is 21.4. The number of furan rings is 1. The number of rotatable bonds is 11. The number of anilines is 2. The van der Waals surface area contributed by atoms with Crippen LogP contribution in [0.1, 0.15) is 29.5 Å². The van der Waals surface area contributed by atoms with Crippen LogP contribution in [0.25, 0.3) is 5.78 Å². The van der Waals surface area contributed by atoms with Crippen LogP contribution in [0.3, 0.4) is 0 Å². The van der Waals surface area contributed by atoms with Gasteiger partial charge in [-0.15, -0.1) is 18.3 Å². The number of hydrogen-bond acceptors (Lipinski definition) is 9. The summed E-state index contributed by atoms with van der Waals surface area (Å²) >= 11 is 1.81. The Morgan fingerprint density at radius 3 is 2.59 bits per heavy atom. The predicted molar refractivity (Wildman–Crippen MR) is 141 cm³/mol. The van der Waals surface area contributed by atoms with Gasteiger partial charge in [0.1, 0.15) is 23.1 Å². The van der Waals surface area contributed by atoms with E-state index in [1.807, 2.05) is 13.0 Å². The fourth-order valence-electron chi connectivity index (χ4n) is 4.18. The molecule has 1 fully saturated rings. The molecule has 4 aromatic rings. The highest BCUT2D eigenvalue weighted by Gasteiger charge is 2.31. The van der Waals surface area contributed by atoms with Gasteiger partial charge in [0.05, 0.1) is 25.5 Å². The number of halogens is 3. The fourth-order valence-corrected chi connectivity index (χ4v) is 5.03. The summed E-state index contributed by atoms with van der Waals surface area (Å²) < 4.78 is 54.2. The monoisotopic (exact) mass is 562 g/mol. The number of nitrogens with zero attached hydrogens (tertiary/aromatic N) is 5. The molecule has 0 amide bonds. The Morgan fingerprint density at radius 2 is 1.82 bits per heavy atom. The summed E-state index contributed by atoms with van der Waals surface area (Å²) in [6, 6.07) is 11.4. The largest absolute Gasteiger partial charge is 0.573 e. The van der Waals surface area contributed by atoms with Crippen LogP contribution >= 0.6 is 11.8 Å². The first kappa shape index (κ1) is 27.3. The van der Waals surface area contributed by atoms with Crippen molar-refractivity contribution in [1.82, 2.24) is 24.5 Å². The van der Waals surface area contributed by atoms with Gasteiger partial charge in [-0.2, -0.15) is 21.3 Å². The normalized spacial score (nSPS) is 14.7.